The minimum Gasteiger partial charge on any atom is -0.367 e. The van der Waals surface area contributed by atoms with Crippen molar-refractivity contribution >= 4 is 6.21 Å². The summed E-state index contributed by atoms with van der Waals surface area (Å²) in [6, 6.07) is 8.34. The zero-order chi connectivity index (χ0) is 9.38. The molecule has 1 aliphatic rings. The molecule has 2 heteroatoms. The highest BCUT2D eigenvalue weighted by molar-refractivity contribution is 5.92. The van der Waals surface area contributed by atoms with Crippen molar-refractivity contribution in [2.45, 2.75) is 6.54 Å². The van der Waals surface area contributed by atoms with Crippen LogP contribution in [0.4, 0.5) is 0 Å². The van der Waals surface area contributed by atoms with Gasteiger partial charge in [0.1, 0.15) is 0 Å². The van der Waals surface area contributed by atoms with Crippen molar-refractivity contribution in [3.63, 3.8) is 0 Å². The Kier molecular flexibility index (Phi) is 1.53. The molecule has 2 heterocycles. The average Bonchev–Trinajstić information content (AvgIpc) is 2.61. The van der Waals surface area contributed by atoms with Crippen molar-refractivity contribution in [3.8, 4) is 11.1 Å². The first kappa shape index (κ1) is 7.56. The molecular weight excluding hydrogens is 172 g/mol. The Morgan fingerprint density at radius 2 is 2.00 bits per heavy atom. The molecule has 0 saturated heterocycles. The number of hydrogen-bond acceptors (Lipinski definition) is 1. The number of nitrogens with one attached hydrogen (secondary N) is 1. The smallest absolute Gasteiger partial charge is 0.0660 e. The zero-order valence-electron chi connectivity index (χ0n) is 7.70. The van der Waals surface area contributed by atoms with Gasteiger partial charge in [-0.2, -0.15) is 0 Å². The molecule has 0 saturated carbocycles. The lowest BCUT2D eigenvalue weighted by atomic mass is 10.0. The fraction of sp³-hybridized carbons (Fsp3) is 0.0833. The summed E-state index contributed by atoms with van der Waals surface area (Å²) in [7, 11) is 0. The fourth-order valence-electron chi connectivity index (χ4n) is 1.87. The van der Waals surface area contributed by atoms with Gasteiger partial charge in [-0.3, -0.25) is 4.99 Å². The van der Waals surface area contributed by atoms with Gasteiger partial charge in [0.15, 0.2) is 0 Å². The predicted octanol–water partition coefficient (Wildman–Crippen LogP) is 2.61. The molecule has 14 heavy (non-hydrogen) atoms. The summed E-state index contributed by atoms with van der Waals surface area (Å²) in [5.41, 5.74) is 5.01. The van der Waals surface area contributed by atoms with Crippen LogP contribution in [0.25, 0.3) is 11.1 Å². The third-order valence-electron chi connectivity index (χ3n) is 2.57. The van der Waals surface area contributed by atoms with Crippen molar-refractivity contribution < 1.29 is 0 Å². The van der Waals surface area contributed by atoms with E-state index in [1.165, 1.54) is 22.3 Å². The van der Waals surface area contributed by atoms with Crippen LogP contribution in [-0.4, -0.2) is 11.2 Å². The normalized spacial score (nSPS) is 13.1. The number of hydrogen-bond donors (Lipinski definition) is 1. The summed E-state index contributed by atoms with van der Waals surface area (Å²) < 4.78 is 0. The lowest BCUT2D eigenvalue weighted by Crippen LogP contribution is -1.84. The van der Waals surface area contributed by atoms with Gasteiger partial charge in [-0.1, -0.05) is 24.3 Å². The summed E-state index contributed by atoms with van der Waals surface area (Å²) in [6.07, 6.45) is 6.02. The molecule has 1 aliphatic heterocycles. The van der Waals surface area contributed by atoms with E-state index in [1.807, 2.05) is 24.7 Å². The van der Waals surface area contributed by atoms with E-state index < -0.39 is 0 Å². The van der Waals surface area contributed by atoms with Crippen LogP contribution in [-0.2, 0) is 6.54 Å². The van der Waals surface area contributed by atoms with Gasteiger partial charge in [0.25, 0.3) is 0 Å². The molecule has 0 bridgehead atoms. The van der Waals surface area contributed by atoms with Crippen LogP contribution in [0, 0.1) is 0 Å². The molecule has 1 N–H and O–H groups in total. The maximum absolute atomic E-state index is 4.38. The quantitative estimate of drug-likeness (QED) is 0.648. The van der Waals surface area contributed by atoms with Crippen LogP contribution < -0.4 is 0 Å². The van der Waals surface area contributed by atoms with Gasteiger partial charge in [-0.25, -0.2) is 0 Å². The Morgan fingerprint density at radius 3 is 3.00 bits per heavy atom. The maximum Gasteiger partial charge on any atom is 0.0660 e. The molecule has 68 valence electrons. The molecule has 2 aromatic rings. The second-order valence-corrected chi connectivity index (χ2v) is 3.45. The van der Waals surface area contributed by atoms with Crippen molar-refractivity contribution in [1.82, 2.24) is 4.98 Å². The van der Waals surface area contributed by atoms with E-state index >= 15 is 0 Å². The van der Waals surface area contributed by atoms with Gasteiger partial charge < -0.3 is 4.98 Å². The molecule has 0 aliphatic carbocycles. The topological polar surface area (TPSA) is 28.1 Å². The second kappa shape index (κ2) is 2.84. The second-order valence-electron chi connectivity index (χ2n) is 3.45. The van der Waals surface area contributed by atoms with E-state index in [4.69, 9.17) is 0 Å². The molecule has 1 aromatic carbocycles. The van der Waals surface area contributed by atoms with Crippen LogP contribution in [0.1, 0.15) is 11.1 Å². The third kappa shape index (κ3) is 1.01. The molecule has 0 spiro atoms. The van der Waals surface area contributed by atoms with Gasteiger partial charge >= 0.3 is 0 Å². The highest BCUT2D eigenvalue weighted by Gasteiger charge is 2.11. The predicted molar refractivity (Wildman–Crippen MR) is 57.5 cm³/mol. The largest absolute Gasteiger partial charge is 0.367 e. The number of fused-ring (bicyclic) bond motifs is 3. The lowest BCUT2D eigenvalue weighted by molar-refractivity contribution is 1.09. The molecule has 0 fully saturated rings. The molecule has 0 atom stereocenters. The molecule has 2 nitrogen and oxygen atoms in total. The molecule has 3 rings (SSSR count). The number of aromatic nitrogens is 1. The standard InChI is InChI=1S/C12H10N2/c1-2-4-11-9(3-1)5-13-6-10-7-14-8-12(10)11/h1-5,7-8,14H,6H2. The van der Waals surface area contributed by atoms with E-state index in [0.29, 0.717) is 0 Å². The molecule has 0 amide bonds. The Hall–Kier alpha value is -1.83. The number of H-pyrrole nitrogens is 1. The van der Waals surface area contributed by atoms with Crippen molar-refractivity contribution in [2.75, 3.05) is 0 Å². The first-order valence-electron chi connectivity index (χ1n) is 4.70. The van der Waals surface area contributed by atoms with Gasteiger partial charge in [0.05, 0.1) is 6.54 Å². The molecule has 1 aromatic heterocycles. The number of aromatic amines is 1. The molecular formula is C12H10N2. The first-order valence-corrected chi connectivity index (χ1v) is 4.70. The van der Waals surface area contributed by atoms with Gasteiger partial charge in [-0.15, -0.1) is 0 Å². The molecule has 0 unspecified atom stereocenters. The highest BCUT2D eigenvalue weighted by Crippen LogP contribution is 2.28. The zero-order valence-corrected chi connectivity index (χ0v) is 7.70. The van der Waals surface area contributed by atoms with Crippen LogP contribution in [0.15, 0.2) is 41.7 Å². The van der Waals surface area contributed by atoms with E-state index in [1.54, 1.807) is 0 Å². The molecule has 0 radical (unpaired) electrons. The maximum atomic E-state index is 4.38. The first-order chi connectivity index (χ1) is 6.95. The number of aliphatic imine (C=N–C) groups is 1. The summed E-state index contributed by atoms with van der Waals surface area (Å²) in [5, 5.41) is 0. The Bertz CT molecular complexity index is 495. The summed E-state index contributed by atoms with van der Waals surface area (Å²) in [6.45, 7) is 0.771. The monoisotopic (exact) mass is 182 g/mol. The van der Waals surface area contributed by atoms with Crippen LogP contribution in [0.5, 0.6) is 0 Å². The van der Waals surface area contributed by atoms with E-state index in [0.717, 1.165) is 6.54 Å². The minimum atomic E-state index is 0.771. The number of nitrogens with zero attached hydrogens (tertiary/aromatic N) is 1. The SMILES string of the molecule is C1=NCc2c[nH]cc2-c2ccccc21. The lowest BCUT2D eigenvalue weighted by Gasteiger charge is -2.01. The van der Waals surface area contributed by atoms with Gasteiger partial charge in [0.2, 0.25) is 0 Å². The van der Waals surface area contributed by atoms with E-state index in [9.17, 15) is 0 Å². The summed E-state index contributed by atoms with van der Waals surface area (Å²) in [5.74, 6) is 0. The van der Waals surface area contributed by atoms with Crippen molar-refractivity contribution in [1.29, 1.82) is 0 Å². The Labute approximate surface area is 82.3 Å². The van der Waals surface area contributed by atoms with E-state index in [2.05, 4.69) is 28.2 Å². The van der Waals surface area contributed by atoms with Crippen LogP contribution >= 0.6 is 0 Å². The highest BCUT2D eigenvalue weighted by atomic mass is 14.7. The van der Waals surface area contributed by atoms with Crippen LogP contribution in [0.3, 0.4) is 0 Å². The minimum absolute atomic E-state index is 0.771. The Morgan fingerprint density at radius 1 is 1.07 bits per heavy atom. The van der Waals surface area contributed by atoms with Gasteiger partial charge in [-0.05, 0) is 11.1 Å². The van der Waals surface area contributed by atoms with E-state index in [-0.39, 0.29) is 0 Å². The summed E-state index contributed by atoms with van der Waals surface area (Å²) in [4.78, 5) is 7.52. The van der Waals surface area contributed by atoms with Crippen molar-refractivity contribution in [2.24, 2.45) is 4.99 Å². The van der Waals surface area contributed by atoms with Crippen LogP contribution in [0.2, 0.25) is 0 Å². The Balaban J connectivity index is 2.34. The average molecular weight is 182 g/mol. The fourth-order valence-corrected chi connectivity index (χ4v) is 1.87. The number of benzene rings is 1. The van der Waals surface area contributed by atoms with Crippen molar-refractivity contribution in [3.05, 3.63) is 47.8 Å². The third-order valence-corrected chi connectivity index (χ3v) is 2.57. The summed E-state index contributed by atoms with van der Waals surface area (Å²) >= 11 is 0. The van der Waals surface area contributed by atoms with Gasteiger partial charge in [0, 0.05) is 29.7 Å². The number of rotatable bonds is 0.